The molecule has 0 radical (unpaired) electrons. The largest absolute Gasteiger partial charge is 0.344 e. The van der Waals surface area contributed by atoms with Gasteiger partial charge >= 0.3 is 6.03 Å². The summed E-state index contributed by atoms with van der Waals surface area (Å²) in [7, 11) is 1.67. The molecule has 29 heavy (non-hydrogen) atoms. The van der Waals surface area contributed by atoms with Gasteiger partial charge in [0, 0.05) is 51.7 Å². The molecule has 2 saturated heterocycles. The smallest absolute Gasteiger partial charge is 0.323 e. The van der Waals surface area contributed by atoms with Gasteiger partial charge in [0.15, 0.2) is 0 Å². The molecule has 1 aromatic carbocycles. The third-order valence-corrected chi connectivity index (χ3v) is 6.56. The van der Waals surface area contributed by atoms with Crippen molar-refractivity contribution in [3.63, 3.8) is 0 Å². The maximum absolute atomic E-state index is 12.8. The predicted octanol–water partition coefficient (Wildman–Crippen LogP) is 3.09. The molecule has 2 aliphatic heterocycles. The maximum atomic E-state index is 12.8. The molecule has 2 aromatic rings. The number of halogens is 1. The van der Waals surface area contributed by atoms with Gasteiger partial charge in [-0.1, -0.05) is 29.8 Å². The van der Waals surface area contributed by atoms with Crippen LogP contribution in [0.25, 0.3) is 0 Å². The molecule has 8 heteroatoms. The lowest BCUT2D eigenvalue weighted by molar-refractivity contribution is -0.116. The van der Waals surface area contributed by atoms with Crippen LogP contribution < -0.4 is 4.90 Å². The van der Waals surface area contributed by atoms with Crippen LogP contribution in [0.4, 0.5) is 10.5 Å². The minimum Gasteiger partial charge on any atom is -0.323 e. The first-order chi connectivity index (χ1) is 13.9. The Hall–Kier alpha value is -2.38. The quantitative estimate of drug-likeness (QED) is 0.772. The molecule has 4 rings (SSSR count). The van der Waals surface area contributed by atoms with Crippen molar-refractivity contribution in [2.45, 2.75) is 26.3 Å². The van der Waals surface area contributed by atoms with Gasteiger partial charge in [0.25, 0.3) is 0 Å². The number of nitrogens with zero attached hydrogens (tertiary/aromatic N) is 5. The van der Waals surface area contributed by atoms with Crippen molar-refractivity contribution in [2.75, 3.05) is 38.1 Å². The Morgan fingerprint density at radius 2 is 1.90 bits per heavy atom. The maximum Gasteiger partial charge on any atom is 0.344 e. The average molecular weight is 416 g/mol. The van der Waals surface area contributed by atoms with Crippen molar-refractivity contribution in [3.8, 4) is 0 Å². The first kappa shape index (κ1) is 19.9. The second kappa shape index (κ2) is 7.80. The number of anilines is 1. The molecule has 2 fully saturated rings. The second-order valence-corrected chi connectivity index (χ2v) is 8.63. The van der Waals surface area contributed by atoms with Gasteiger partial charge in [0.1, 0.15) is 0 Å². The summed E-state index contributed by atoms with van der Waals surface area (Å²) in [5.74, 6) is -0.0942. The van der Waals surface area contributed by atoms with Crippen molar-refractivity contribution >= 4 is 29.2 Å². The summed E-state index contributed by atoms with van der Waals surface area (Å²) < 4.78 is 1.33. The molecule has 154 valence electrons. The molecule has 0 N–H and O–H groups in total. The van der Waals surface area contributed by atoms with Crippen LogP contribution in [-0.2, 0) is 11.3 Å². The van der Waals surface area contributed by atoms with E-state index in [1.165, 1.54) is 22.1 Å². The highest BCUT2D eigenvalue weighted by Crippen LogP contribution is 2.41. The molecule has 0 aliphatic carbocycles. The normalized spacial score (nSPS) is 18.5. The van der Waals surface area contributed by atoms with Crippen molar-refractivity contribution in [2.24, 2.45) is 5.41 Å². The van der Waals surface area contributed by atoms with Crippen LogP contribution in [0.1, 0.15) is 25.3 Å². The van der Waals surface area contributed by atoms with Gasteiger partial charge in [0.05, 0.1) is 18.1 Å². The average Bonchev–Trinajstić information content (AvgIpc) is 3.18. The molecule has 0 saturated carbocycles. The lowest BCUT2D eigenvalue weighted by Crippen LogP contribution is -2.60. The van der Waals surface area contributed by atoms with Crippen LogP contribution >= 0.6 is 11.6 Å². The third kappa shape index (κ3) is 4.02. The van der Waals surface area contributed by atoms with E-state index in [-0.39, 0.29) is 11.9 Å². The molecule has 2 aliphatic rings. The predicted molar refractivity (Wildman–Crippen MR) is 112 cm³/mol. The zero-order valence-corrected chi connectivity index (χ0v) is 17.6. The summed E-state index contributed by atoms with van der Waals surface area (Å²) in [6.45, 7) is 5.93. The minimum atomic E-state index is -0.129. The van der Waals surface area contributed by atoms with Crippen molar-refractivity contribution < 1.29 is 9.59 Å². The Labute approximate surface area is 175 Å². The van der Waals surface area contributed by atoms with Crippen LogP contribution in [0.3, 0.4) is 0 Å². The van der Waals surface area contributed by atoms with Crippen LogP contribution in [0.5, 0.6) is 0 Å². The number of hydrogen-bond donors (Lipinski definition) is 0. The summed E-state index contributed by atoms with van der Waals surface area (Å²) in [6, 6.07) is 7.87. The second-order valence-electron chi connectivity index (χ2n) is 8.23. The van der Waals surface area contributed by atoms with Gasteiger partial charge in [0.2, 0.25) is 5.91 Å². The van der Waals surface area contributed by atoms with Crippen molar-refractivity contribution in [3.05, 3.63) is 47.2 Å². The summed E-state index contributed by atoms with van der Waals surface area (Å²) in [4.78, 5) is 30.0. The lowest BCUT2D eigenvalue weighted by Gasteiger charge is -2.54. The number of likely N-dealkylation sites (tertiary alicyclic amines) is 2. The Bertz CT molecular complexity index is 911. The van der Waals surface area contributed by atoms with E-state index in [1.807, 2.05) is 23.1 Å². The fourth-order valence-electron chi connectivity index (χ4n) is 4.29. The zero-order chi connectivity index (χ0) is 20.6. The zero-order valence-electron chi connectivity index (χ0n) is 16.8. The number of carbonyl (C=O) groups is 2. The monoisotopic (exact) mass is 415 g/mol. The fourth-order valence-corrected chi connectivity index (χ4v) is 4.48. The summed E-state index contributed by atoms with van der Waals surface area (Å²) in [5, 5.41) is 4.97. The minimum absolute atomic E-state index is 0.0942. The van der Waals surface area contributed by atoms with E-state index < -0.39 is 0 Å². The Balaban J connectivity index is 1.29. The lowest BCUT2D eigenvalue weighted by atomic mass is 9.72. The number of carbonyl (C=O) groups excluding carboxylic acids is 2. The number of rotatable bonds is 3. The highest BCUT2D eigenvalue weighted by Gasteiger charge is 2.45. The standard InChI is InChI=1S/C21H26ClN5O2/c1-16(28)24(2)18-11-23-27(13-18)20(29)26-9-7-21(8-10-26)14-25(15-21)12-17-5-3-4-6-19(17)22/h3-6,11,13H,7-10,12,14-15H2,1-2H3. The molecule has 0 unspecified atom stereocenters. The van der Waals surface area contributed by atoms with Gasteiger partial charge in [-0.15, -0.1) is 0 Å². The van der Waals surface area contributed by atoms with E-state index in [0.717, 1.165) is 50.6 Å². The highest BCUT2D eigenvalue weighted by atomic mass is 35.5. The van der Waals surface area contributed by atoms with Crippen LogP contribution in [0, 0.1) is 5.41 Å². The van der Waals surface area contributed by atoms with E-state index in [4.69, 9.17) is 11.6 Å². The molecule has 1 spiro atoms. The molecule has 7 nitrogen and oxygen atoms in total. The molecular formula is C21H26ClN5O2. The molecule has 1 aromatic heterocycles. The van der Waals surface area contributed by atoms with Gasteiger partial charge in [-0.25, -0.2) is 4.79 Å². The first-order valence-electron chi connectivity index (χ1n) is 9.91. The molecule has 0 atom stereocenters. The van der Waals surface area contributed by atoms with Crippen molar-refractivity contribution in [1.82, 2.24) is 19.6 Å². The van der Waals surface area contributed by atoms with Gasteiger partial charge in [-0.05, 0) is 29.9 Å². The SMILES string of the molecule is CC(=O)N(C)c1cnn(C(=O)N2CCC3(CC2)CN(Cc2ccccc2Cl)C3)c1. The molecule has 0 bridgehead atoms. The molecular weight excluding hydrogens is 390 g/mol. The molecule has 3 heterocycles. The van der Waals surface area contributed by atoms with E-state index in [0.29, 0.717) is 11.1 Å². The van der Waals surface area contributed by atoms with Gasteiger partial charge in [-0.2, -0.15) is 9.78 Å². The first-order valence-corrected chi connectivity index (χ1v) is 10.3. The number of piperidine rings is 1. The Morgan fingerprint density at radius 1 is 1.21 bits per heavy atom. The number of aromatic nitrogens is 2. The van der Waals surface area contributed by atoms with Crippen LogP contribution in [0.15, 0.2) is 36.7 Å². The van der Waals surface area contributed by atoms with E-state index in [9.17, 15) is 9.59 Å². The van der Waals surface area contributed by atoms with E-state index in [2.05, 4.69) is 16.1 Å². The van der Waals surface area contributed by atoms with Crippen LogP contribution in [0.2, 0.25) is 5.02 Å². The highest BCUT2D eigenvalue weighted by molar-refractivity contribution is 6.31. The number of amides is 2. The molecule has 2 amide bonds. The third-order valence-electron chi connectivity index (χ3n) is 6.19. The Kier molecular flexibility index (Phi) is 5.36. The summed E-state index contributed by atoms with van der Waals surface area (Å²) in [5.41, 5.74) is 2.09. The van der Waals surface area contributed by atoms with E-state index >= 15 is 0 Å². The number of benzene rings is 1. The summed E-state index contributed by atoms with van der Waals surface area (Å²) >= 11 is 6.28. The van der Waals surface area contributed by atoms with E-state index in [1.54, 1.807) is 19.4 Å². The van der Waals surface area contributed by atoms with Crippen molar-refractivity contribution in [1.29, 1.82) is 0 Å². The van der Waals surface area contributed by atoms with Crippen LogP contribution in [-0.4, -0.2) is 64.7 Å². The van der Waals surface area contributed by atoms with Gasteiger partial charge in [-0.3, -0.25) is 9.69 Å². The van der Waals surface area contributed by atoms with Gasteiger partial charge < -0.3 is 9.80 Å². The summed E-state index contributed by atoms with van der Waals surface area (Å²) in [6.07, 6.45) is 5.16. The topological polar surface area (TPSA) is 61.7 Å². The number of hydrogen-bond acceptors (Lipinski definition) is 4. The fraction of sp³-hybridized carbons (Fsp3) is 0.476. The Morgan fingerprint density at radius 3 is 2.55 bits per heavy atom.